The molecule has 18 heavy (non-hydrogen) atoms. The highest BCUT2D eigenvalue weighted by atomic mass is 16.5. The number of anilines is 2. The van der Waals surface area contributed by atoms with E-state index >= 15 is 0 Å². The van der Waals surface area contributed by atoms with Crippen molar-refractivity contribution in [1.29, 1.82) is 0 Å². The molecule has 0 unspecified atom stereocenters. The van der Waals surface area contributed by atoms with Gasteiger partial charge in [0.15, 0.2) is 0 Å². The summed E-state index contributed by atoms with van der Waals surface area (Å²) in [5, 5.41) is 0. The Balaban J connectivity index is 2.54. The van der Waals surface area contributed by atoms with Crippen molar-refractivity contribution < 1.29 is 9.47 Å². The molecule has 2 aromatic carbocycles. The molecule has 4 heteroatoms. The van der Waals surface area contributed by atoms with Crippen LogP contribution in [0.1, 0.15) is 0 Å². The minimum absolute atomic E-state index is 0.499. The molecule has 4 nitrogen and oxygen atoms in total. The number of methoxy groups -OCH3 is 2. The molecule has 0 saturated carbocycles. The van der Waals surface area contributed by atoms with E-state index in [1.165, 1.54) is 0 Å². The van der Waals surface area contributed by atoms with Crippen LogP contribution in [0, 0.1) is 0 Å². The molecule has 0 aromatic heterocycles. The van der Waals surface area contributed by atoms with Crippen LogP contribution in [0.5, 0.6) is 11.5 Å². The van der Waals surface area contributed by atoms with Gasteiger partial charge in [-0.2, -0.15) is 0 Å². The van der Waals surface area contributed by atoms with Crippen LogP contribution in [-0.4, -0.2) is 14.2 Å². The standard InChI is InChI=1S/C14H16N2O2/c1-17-12-7-10(8-13(18-2)14(12)16)9-3-5-11(15)6-4-9/h3-8H,15-16H2,1-2H3. The van der Waals surface area contributed by atoms with Crippen LogP contribution in [0.25, 0.3) is 11.1 Å². The van der Waals surface area contributed by atoms with Crippen LogP contribution >= 0.6 is 0 Å². The molecule has 0 amide bonds. The van der Waals surface area contributed by atoms with Crippen molar-refractivity contribution in [3.63, 3.8) is 0 Å². The molecule has 0 bridgehead atoms. The summed E-state index contributed by atoms with van der Waals surface area (Å²) >= 11 is 0. The first-order valence-corrected chi connectivity index (χ1v) is 5.53. The molecule has 0 aliphatic heterocycles. The molecule has 2 aromatic rings. The fourth-order valence-electron chi connectivity index (χ4n) is 1.78. The molecule has 0 radical (unpaired) electrons. The van der Waals surface area contributed by atoms with Crippen molar-refractivity contribution in [1.82, 2.24) is 0 Å². The topological polar surface area (TPSA) is 70.5 Å². The molecular formula is C14H16N2O2. The molecule has 4 N–H and O–H groups in total. The maximum atomic E-state index is 5.91. The van der Waals surface area contributed by atoms with E-state index in [9.17, 15) is 0 Å². The van der Waals surface area contributed by atoms with E-state index in [2.05, 4.69) is 0 Å². The van der Waals surface area contributed by atoms with Gasteiger partial charge in [-0.15, -0.1) is 0 Å². The lowest BCUT2D eigenvalue weighted by Crippen LogP contribution is -1.97. The molecule has 0 aliphatic rings. The zero-order valence-corrected chi connectivity index (χ0v) is 10.4. The fourth-order valence-corrected chi connectivity index (χ4v) is 1.78. The quantitative estimate of drug-likeness (QED) is 0.814. The summed E-state index contributed by atoms with van der Waals surface area (Å²) in [6, 6.07) is 11.3. The highest BCUT2D eigenvalue weighted by Gasteiger charge is 2.10. The Morgan fingerprint density at radius 1 is 0.778 bits per heavy atom. The van der Waals surface area contributed by atoms with Crippen molar-refractivity contribution in [2.24, 2.45) is 0 Å². The number of nitrogen functional groups attached to an aromatic ring is 2. The Hall–Kier alpha value is -2.36. The number of hydrogen-bond donors (Lipinski definition) is 2. The Bertz CT molecular complexity index is 525. The third kappa shape index (κ3) is 2.18. The summed E-state index contributed by atoms with van der Waals surface area (Å²) in [5.74, 6) is 1.20. The van der Waals surface area contributed by atoms with Crippen LogP contribution in [0.2, 0.25) is 0 Å². The molecular weight excluding hydrogens is 228 g/mol. The Morgan fingerprint density at radius 3 is 1.72 bits per heavy atom. The predicted octanol–water partition coefficient (Wildman–Crippen LogP) is 2.54. The van der Waals surface area contributed by atoms with Crippen LogP contribution in [0.15, 0.2) is 36.4 Å². The molecule has 0 fully saturated rings. The van der Waals surface area contributed by atoms with Gasteiger partial charge in [0.05, 0.1) is 14.2 Å². The highest BCUT2D eigenvalue weighted by Crippen LogP contribution is 2.37. The fraction of sp³-hybridized carbons (Fsp3) is 0.143. The van der Waals surface area contributed by atoms with E-state index in [1.54, 1.807) is 14.2 Å². The van der Waals surface area contributed by atoms with Gasteiger partial charge in [0.2, 0.25) is 0 Å². The van der Waals surface area contributed by atoms with Crippen LogP contribution in [-0.2, 0) is 0 Å². The number of hydrogen-bond acceptors (Lipinski definition) is 4. The minimum atomic E-state index is 0.499. The Morgan fingerprint density at radius 2 is 1.28 bits per heavy atom. The molecule has 0 aliphatic carbocycles. The average Bonchev–Trinajstić information content (AvgIpc) is 2.40. The maximum absolute atomic E-state index is 5.91. The molecule has 0 heterocycles. The summed E-state index contributed by atoms with van der Waals surface area (Å²) in [7, 11) is 3.16. The first kappa shape index (κ1) is 12.1. The first-order valence-electron chi connectivity index (χ1n) is 5.53. The summed E-state index contributed by atoms with van der Waals surface area (Å²) in [4.78, 5) is 0. The molecule has 0 saturated heterocycles. The van der Waals surface area contributed by atoms with Crippen molar-refractivity contribution in [3.05, 3.63) is 36.4 Å². The van der Waals surface area contributed by atoms with E-state index in [0.717, 1.165) is 16.8 Å². The van der Waals surface area contributed by atoms with Gasteiger partial charge >= 0.3 is 0 Å². The van der Waals surface area contributed by atoms with E-state index < -0.39 is 0 Å². The summed E-state index contributed by atoms with van der Waals surface area (Å²) < 4.78 is 10.5. The third-order valence-corrected chi connectivity index (χ3v) is 2.79. The summed E-state index contributed by atoms with van der Waals surface area (Å²) in [5.41, 5.74) is 14.8. The third-order valence-electron chi connectivity index (χ3n) is 2.79. The van der Waals surface area contributed by atoms with Gasteiger partial charge in [0.1, 0.15) is 17.2 Å². The van der Waals surface area contributed by atoms with E-state index in [1.807, 2.05) is 36.4 Å². The van der Waals surface area contributed by atoms with Crippen LogP contribution in [0.3, 0.4) is 0 Å². The number of rotatable bonds is 3. The van der Waals surface area contributed by atoms with Gasteiger partial charge in [0.25, 0.3) is 0 Å². The summed E-state index contributed by atoms with van der Waals surface area (Å²) in [6.07, 6.45) is 0. The van der Waals surface area contributed by atoms with E-state index in [0.29, 0.717) is 17.2 Å². The van der Waals surface area contributed by atoms with Crippen LogP contribution < -0.4 is 20.9 Å². The van der Waals surface area contributed by atoms with Gasteiger partial charge in [-0.25, -0.2) is 0 Å². The number of nitrogens with two attached hydrogens (primary N) is 2. The lowest BCUT2D eigenvalue weighted by Gasteiger charge is -2.12. The van der Waals surface area contributed by atoms with Gasteiger partial charge in [-0.1, -0.05) is 12.1 Å². The van der Waals surface area contributed by atoms with Gasteiger partial charge in [0, 0.05) is 5.69 Å². The molecule has 0 spiro atoms. The molecule has 2 rings (SSSR count). The minimum Gasteiger partial charge on any atom is -0.494 e. The van der Waals surface area contributed by atoms with Gasteiger partial charge in [-0.05, 0) is 35.4 Å². The average molecular weight is 244 g/mol. The van der Waals surface area contributed by atoms with Crippen molar-refractivity contribution in [2.75, 3.05) is 25.7 Å². The SMILES string of the molecule is COc1cc(-c2ccc(N)cc2)cc(OC)c1N. The zero-order valence-electron chi connectivity index (χ0n) is 10.4. The van der Waals surface area contributed by atoms with Crippen molar-refractivity contribution >= 4 is 11.4 Å². The second-order valence-corrected chi connectivity index (χ2v) is 3.92. The Labute approximate surface area is 106 Å². The first-order chi connectivity index (χ1) is 8.65. The second kappa shape index (κ2) is 4.87. The normalized spacial score (nSPS) is 10.1. The van der Waals surface area contributed by atoms with Crippen molar-refractivity contribution in [2.45, 2.75) is 0 Å². The predicted molar refractivity (Wildman–Crippen MR) is 73.8 cm³/mol. The van der Waals surface area contributed by atoms with Gasteiger partial charge < -0.3 is 20.9 Å². The monoisotopic (exact) mass is 244 g/mol. The molecule has 94 valence electrons. The second-order valence-electron chi connectivity index (χ2n) is 3.92. The van der Waals surface area contributed by atoms with E-state index in [-0.39, 0.29) is 0 Å². The van der Waals surface area contributed by atoms with E-state index in [4.69, 9.17) is 20.9 Å². The number of benzene rings is 2. The van der Waals surface area contributed by atoms with Crippen molar-refractivity contribution in [3.8, 4) is 22.6 Å². The highest BCUT2D eigenvalue weighted by molar-refractivity contribution is 5.75. The smallest absolute Gasteiger partial charge is 0.146 e. The van der Waals surface area contributed by atoms with Crippen LogP contribution in [0.4, 0.5) is 11.4 Å². The lowest BCUT2D eigenvalue weighted by molar-refractivity contribution is 0.399. The summed E-state index contributed by atoms with van der Waals surface area (Å²) in [6.45, 7) is 0. The number of ether oxygens (including phenoxy) is 2. The Kier molecular flexibility index (Phi) is 3.28. The maximum Gasteiger partial charge on any atom is 0.146 e. The lowest BCUT2D eigenvalue weighted by atomic mass is 10.0. The molecule has 0 atom stereocenters. The zero-order chi connectivity index (χ0) is 13.1. The largest absolute Gasteiger partial charge is 0.494 e. The van der Waals surface area contributed by atoms with Gasteiger partial charge in [-0.3, -0.25) is 0 Å².